The van der Waals surface area contributed by atoms with Gasteiger partial charge in [0.25, 0.3) is 0 Å². The van der Waals surface area contributed by atoms with Gasteiger partial charge in [-0.1, -0.05) is 23.7 Å². The van der Waals surface area contributed by atoms with Crippen LogP contribution in [0.15, 0.2) is 42.7 Å². The summed E-state index contributed by atoms with van der Waals surface area (Å²) >= 11 is 5.75. The Kier molecular flexibility index (Phi) is 5.77. The molecule has 2 atom stereocenters. The number of nitrogen functional groups attached to an aromatic ring is 1. The van der Waals surface area contributed by atoms with Crippen molar-refractivity contribution in [2.24, 2.45) is 0 Å². The van der Waals surface area contributed by atoms with Crippen LogP contribution in [0.5, 0.6) is 0 Å². The van der Waals surface area contributed by atoms with Gasteiger partial charge in [-0.25, -0.2) is 13.8 Å². The molecule has 2 aromatic heterocycles. The number of anilines is 1. The molecule has 1 unspecified atom stereocenters. The van der Waals surface area contributed by atoms with Crippen molar-refractivity contribution < 1.29 is 18.4 Å². The number of nitrogens with two attached hydrogens (primary N) is 1. The number of likely N-dealkylation sites (tertiary alicyclic amines) is 1. The second-order valence-corrected chi connectivity index (χ2v) is 7.81. The fourth-order valence-electron chi connectivity index (χ4n) is 3.77. The maximum Gasteiger partial charge on any atom is 0.243 e. The SMILES string of the molecule is Nc1ccnc2c1ccn2CC(=O)N1CC(F)C[C@H]1C(=O)NCc1cccc(Cl)c1F. The lowest BCUT2D eigenvalue weighted by Gasteiger charge is -2.24. The van der Waals surface area contributed by atoms with Crippen LogP contribution in [-0.4, -0.2) is 45.0 Å². The van der Waals surface area contributed by atoms with Gasteiger partial charge in [-0.15, -0.1) is 0 Å². The number of benzene rings is 1. The monoisotopic (exact) mass is 447 g/mol. The Morgan fingerprint density at radius 1 is 1.29 bits per heavy atom. The first-order valence-corrected chi connectivity index (χ1v) is 10.1. The molecule has 1 fully saturated rings. The summed E-state index contributed by atoms with van der Waals surface area (Å²) in [5.41, 5.74) is 7.19. The fraction of sp³-hybridized carbons (Fsp3) is 0.286. The molecule has 3 heterocycles. The smallest absolute Gasteiger partial charge is 0.243 e. The normalized spacial score (nSPS) is 18.5. The Morgan fingerprint density at radius 3 is 2.90 bits per heavy atom. The van der Waals surface area contributed by atoms with Gasteiger partial charge in [0.2, 0.25) is 11.8 Å². The molecule has 7 nitrogen and oxygen atoms in total. The quantitative estimate of drug-likeness (QED) is 0.629. The number of hydrogen-bond donors (Lipinski definition) is 2. The zero-order valence-corrected chi connectivity index (χ0v) is 17.1. The summed E-state index contributed by atoms with van der Waals surface area (Å²) < 4.78 is 29.8. The van der Waals surface area contributed by atoms with Crippen LogP contribution in [0.2, 0.25) is 5.02 Å². The van der Waals surface area contributed by atoms with E-state index >= 15 is 0 Å². The largest absolute Gasteiger partial charge is 0.398 e. The molecule has 3 aromatic rings. The summed E-state index contributed by atoms with van der Waals surface area (Å²) in [4.78, 5) is 31.0. The average molecular weight is 448 g/mol. The van der Waals surface area contributed by atoms with Crippen LogP contribution in [-0.2, 0) is 22.7 Å². The summed E-state index contributed by atoms with van der Waals surface area (Å²) in [7, 11) is 0. The van der Waals surface area contributed by atoms with Crippen molar-refractivity contribution in [2.75, 3.05) is 12.3 Å². The summed E-state index contributed by atoms with van der Waals surface area (Å²) in [5, 5.41) is 3.23. The number of amides is 2. The third-order valence-electron chi connectivity index (χ3n) is 5.36. The van der Waals surface area contributed by atoms with Crippen molar-refractivity contribution in [1.29, 1.82) is 0 Å². The number of carbonyl (C=O) groups excluding carboxylic acids is 2. The number of alkyl halides is 1. The summed E-state index contributed by atoms with van der Waals surface area (Å²) in [6, 6.07) is 6.89. The van der Waals surface area contributed by atoms with E-state index in [2.05, 4.69) is 10.3 Å². The zero-order valence-electron chi connectivity index (χ0n) is 16.4. The molecule has 0 saturated carbocycles. The lowest BCUT2D eigenvalue weighted by Crippen LogP contribution is -2.46. The van der Waals surface area contributed by atoms with Gasteiger partial charge >= 0.3 is 0 Å². The molecule has 1 aliphatic rings. The lowest BCUT2D eigenvalue weighted by molar-refractivity contribution is -0.139. The van der Waals surface area contributed by atoms with Crippen LogP contribution in [0.3, 0.4) is 0 Å². The number of halogens is 3. The minimum absolute atomic E-state index is 0.0542. The number of pyridine rings is 1. The van der Waals surface area contributed by atoms with E-state index in [-0.39, 0.29) is 36.6 Å². The fourth-order valence-corrected chi connectivity index (χ4v) is 3.96. The number of rotatable bonds is 5. The van der Waals surface area contributed by atoms with E-state index in [0.717, 1.165) is 0 Å². The van der Waals surface area contributed by atoms with E-state index in [1.54, 1.807) is 29.0 Å². The number of nitrogens with one attached hydrogen (secondary N) is 1. The molecule has 3 N–H and O–H groups in total. The molecule has 1 aliphatic heterocycles. The number of fused-ring (bicyclic) bond motifs is 1. The van der Waals surface area contributed by atoms with Crippen molar-refractivity contribution in [2.45, 2.75) is 31.7 Å². The van der Waals surface area contributed by atoms with Gasteiger partial charge in [0.1, 0.15) is 30.2 Å². The summed E-state index contributed by atoms with van der Waals surface area (Å²) in [6.45, 7) is -0.414. The van der Waals surface area contributed by atoms with Crippen molar-refractivity contribution in [1.82, 2.24) is 19.8 Å². The molecule has 1 aromatic carbocycles. The first kappa shape index (κ1) is 21.0. The average Bonchev–Trinajstić information content (AvgIpc) is 3.33. The standard InChI is InChI=1S/C21H20ClF2N5O2/c22-15-3-1-2-12(19(15)24)9-27-21(31)17-8-13(23)10-29(17)18(30)11-28-7-5-14-16(25)4-6-26-20(14)28/h1-7,13,17H,8-11H2,(H2,25,26)(H,27,31)/t13?,17-/m0/s1. The molecule has 31 heavy (non-hydrogen) atoms. The predicted octanol–water partition coefficient (Wildman–Crippen LogP) is 2.67. The molecule has 4 rings (SSSR count). The number of aromatic nitrogens is 2. The molecular formula is C21H20ClF2N5O2. The Bertz CT molecular complexity index is 1150. The molecule has 0 spiro atoms. The second-order valence-electron chi connectivity index (χ2n) is 7.41. The van der Waals surface area contributed by atoms with Crippen molar-refractivity contribution >= 4 is 40.1 Å². The minimum atomic E-state index is -1.32. The zero-order chi connectivity index (χ0) is 22.1. The molecule has 0 bridgehead atoms. The van der Waals surface area contributed by atoms with Gasteiger partial charge in [-0.05, 0) is 18.2 Å². The van der Waals surface area contributed by atoms with Gasteiger partial charge in [-0.3, -0.25) is 9.59 Å². The van der Waals surface area contributed by atoms with E-state index in [1.165, 1.54) is 23.2 Å². The van der Waals surface area contributed by atoms with Crippen molar-refractivity contribution in [3.63, 3.8) is 0 Å². The van der Waals surface area contributed by atoms with E-state index < -0.39 is 29.8 Å². The molecule has 0 radical (unpaired) electrons. The maximum atomic E-state index is 14.1. The van der Waals surface area contributed by atoms with Crippen molar-refractivity contribution in [3.05, 3.63) is 59.1 Å². The van der Waals surface area contributed by atoms with Gasteiger partial charge in [0.05, 0.1) is 11.6 Å². The van der Waals surface area contributed by atoms with E-state index in [0.29, 0.717) is 16.7 Å². The first-order chi connectivity index (χ1) is 14.8. The number of hydrogen-bond acceptors (Lipinski definition) is 4. The third-order valence-corrected chi connectivity index (χ3v) is 5.65. The van der Waals surface area contributed by atoms with Gasteiger partial charge < -0.3 is 20.5 Å². The van der Waals surface area contributed by atoms with Gasteiger partial charge in [0, 0.05) is 42.0 Å². The molecule has 1 saturated heterocycles. The van der Waals surface area contributed by atoms with Crippen LogP contribution in [0.25, 0.3) is 11.0 Å². The Morgan fingerprint density at radius 2 is 2.10 bits per heavy atom. The predicted molar refractivity (Wildman–Crippen MR) is 112 cm³/mol. The van der Waals surface area contributed by atoms with Crippen LogP contribution in [0, 0.1) is 5.82 Å². The van der Waals surface area contributed by atoms with Crippen LogP contribution < -0.4 is 11.1 Å². The summed E-state index contributed by atoms with van der Waals surface area (Å²) in [5.74, 6) is -1.60. The molecule has 10 heteroatoms. The van der Waals surface area contributed by atoms with Crippen molar-refractivity contribution in [3.8, 4) is 0 Å². The molecule has 162 valence electrons. The third kappa shape index (κ3) is 4.18. The Balaban J connectivity index is 1.46. The van der Waals surface area contributed by atoms with Crippen LogP contribution in [0.4, 0.5) is 14.5 Å². The summed E-state index contributed by atoms with van der Waals surface area (Å²) in [6.07, 6.45) is 1.77. The first-order valence-electron chi connectivity index (χ1n) is 9.68. The topological polar surface area (TPSA) is 93.2 Å². The lowest BCUT2D eigenvalue weighted by atomic mass is 10.1. The number of carbonyl (C=O) groups is 2. The highest BCUT2D eigenvalue weighted by Crippen LogP contribution is 2.24. The van der Waals surface area contributed by atoms with E-state index in [4.69, 9.17) is 17.3 Å². The maximum absolute atomic E-state index is 14.1. The Hall–Kier alpha value is -3.20. The highest BCUT2D eigenvalue weighted by Gasteiger charge is 2.39. The van der Waals surface area contributed by atoms with Gasteiger partial charge in [-0.2, -0.15) is 0 Å². The van der Waals surface area contributed by atoms with E-state index in [9.17, 15) is 18.4 Å². The number of nitrogens with zero attached hydrogens (tertiary/aromatic N) is 3. The molecule has 2 amide bonds. The van der Waals surface area contributed by atoms with E-state index in [1.807, 2.05) is 0 Å². The molecular weight excluding hydrogens is 428 g/mol. The van der Waals surface area contributed by atoms with Crippen LogP contribution in [0.1, 0.15) is 12.0 Å². The highest BCUT2D eigenvalue weighted by molar-refractivity contribution is 6.30. The molecule has 0 aliphatic carbocycles. The van der Waals surface area contributed by atoms with Gasteiger partial charge in [0.15, 0.2) is 0 Å². The Labute approximate surface area is 181 Å². The second kappa shape index (κ2) is 8.50. The highest BCUT2D eigenvalue weighted by atomic mass is 35.5. The van der Waals surface area contributed by atoms with Crippen LogP contribution >= 0.6 is 11.6 Å². The minimum Gasteiger partial charge on any atom is -0.398 e.